The molecule has 1 fully saturated rings. The average molecular weight is 409 g/mol. The Morgan fingerprint density at radius 3 is 2.56 bits per heavy atom. The molecule has 1 saturated heterocycles. The molecule has 2 aromatic carbocycles. The Bertz CT molecular complexity index is 896. The van der Waals surface area contributed by atoms with E-state index in [0.29, 0.717) is 23.8 Å². The molecule has 1 N–H and O–H groups in total. The van der Waals surface area contributed by atoms with Gasteiger partial charge in [0.25, 0.3) is 0 Å². The van der Waals surface area contributed by atoms with Crippen LogP contribution in [0.3, 0.4) is 0 Å². The zero-order chi connectivity index (χ0) is 19.4. The molecule has 2 aromatic rings. The summed E-state index contributed by atoms with van der Waals surface area (Å²) in [5, 5.41) is 0.446. The molecule has 5 nitrogen and oxygen atoms in total. The number of ether oxygens (including phenoxy) is 1. The van der Waals surface area contributed by atoms with Crippen LogP contribution in [0.5, 0.6) is 0 Å². The van der Waals surface area contributed by atoms with Crippen LogP contribution in [0.2, 0.25) is 5.02 Å². The molecule has 0 radical (unpaired) electrons. The average Bonchev–Trinajstić information content (AvgIpc) is 2.65. The summed E-state index contributed by atoms with van der Waals surface area (Å²) in [6.45, 7) is 6.91. The van der Waals surface area contributed by atoms with Gasteiger partial charge in [-0.1, -0.05) is 47.5 Å². The number of nitrogens with zero attached hydrogens (tertiary/aromatic N) is 1. The Kier molecular flexibility index (Phi) is 6.55. The van der Waals surface area contributed by atoms with Gasteiger partial charge in [0.15, 0.2) is 0 Å². The van der Waals surface area contributed by atoms with Crippen molar-refractivity contribution >= 4 is 21.6 Å². The summed E-state index contributed by atoms with van der Waals surface area (Å²) >= 11 is 6.10. The van der Waals surface area contributed by atoms with Gasteiger partial charge in [0, 0.05) is 30.7 Å². The number of aryl methyl sites for hydroxylation is 1. The molecular weight excluding hydrogens is 384 g/mol. The third kappa shape index (κ3) is 4.89. The molecule has 7 heteroatoms. The van der Waals surface area contributed by atoms with Gasteiger partial charge in [-0.15, -0.1) is 0 Å². The molecular formula is C20H25ClN2O3S. The van der Waals surface area contributed by atoms with Crippen molar-refractivity contribution < 1.29 is 13.2 Å². The molecule has 0 bridgehead atoms. The number of hydrogen-bond acceptors (Lipinski definition) is 4. The second kappa shape index (κ2) is 8.71. The minimum Gasteiger partial charge on any atom is -0.379 e. The normalized spacial score (nSPS) is 17.0. The van der Waals surface area contributed by atoms with E-state index < -0.39 is 10.0 Å². The molecule has 1 atom stereocenters. The maximum absolute atomic E-state index is 12.9. The molecule has 1 aliphatic heterocycles. The highest BCUT2D eigenvalue weighted by Gasteiger charge is 2.26. The molecule has 0 aromatic heterocycles. The van der Waals surface area contributed by atoms with Crippen molar-refractivity contribution in [3.8, 4) is 0 Å². The molecule has 0 saturated carbocycles. The van der Waals surface area contributed by atoms with Gasteiger partial charge < -0.3 is 4.74 Å². The summed E-state index contributed by atoms with van der Waals surface area (Å²) in [6.07, 6.45) is 0. The Balaban J connectivity index is 1.84. The number of rotatable bonds is 6. The fraction of sp³-hybridized carbons (Fsp3) is 0.400. The minimum atomic E-state index is -3.66. The largest absolute Gasteiger partial charge is 0.379 e. The summed E-state index contributed by atoms with van der Waals surface area (Å²) in [5.74, 6) is 0. The van der Waals surface area contributed by atoms with E-state index >= 15 is 0 Å². The second-order valence-electron chi connectivity index (χ2n) is 6.79. The minimum absolute atomic E-state index is 0.0527. The number of nitrogens with one attached hydrogen (secondary N) is 1. The van der Waals surface area contributed by atoms with E-state index in [0.717, 1.165) is 24.2 Å². The van der Waals surface area contributed by atoms with Crippen molar-refractivity contribution in [3.05, 3.63) is 64.2 Å². The lowest BCUT2D eigenvalue weighted by atomic mass is 10.0. The van der Waals surface area contributed by atoms with Gasteiger partial charge in [0.1, 0.15) is 0 Å². The Morgan fingerprint density at radius 1 is 1.15 bits per heavy atom. The zero-order valence-corrected chi connectivity index (χ0v) is 17.2. The quantitative estimate of drug-likeness (QED) is 0.796. The first kappa shape index (κ1) is 20.3. The fourth-order valence-electron chi connectivity index (χ4n) is 3.37. The van der Waals surface area contributed by atoms with Crippen LogP contribution in [-0.4, -0.2) is 46.2 Å². The SMILES string of the molecule is Cc1cccc([C@H](CNS(=O)(=O)c2cccc(Cl)c2C)N2CCOCC2)c1. The fourth-order valence-corrected chi connectivity index (χ4v) is 4.90. The van der Waals surface area contributed by atoms with Crippen LogP contribution < -0.4 is 4.72 Å². The maximum Gasteiger partial charge on any atom is 0.240 e. The molecule has 0 aliphatic carbocycles. The lowest BCUT2D eigenvalue weighted by Crippen LogP contribution is -2.43. The van der Waals surface area contributed by atoms with Crippen LogP contribution in [0.1, 0.15) is 22.7 Å². The van der Waals surface area contributed by atoms with Crippen LogP contribution in [-0.2, 0) is 14.8 Å². The predicted octanol–water partition coefficient (Wildman–Crippen LogP) is 3.31. The van der Waals surface area contributed by atoms with Crippen LogP contribution >= 0.6 is 11.6 Å². The van der Waals surface area contributed by atoms with Crippen molar-refractivity contribution in [1.82, 2.24) is 9.62 Å². The third-order valence-corrected chi connectivity index (χ3v) is 6.87. The van der Waals surface area contributed by atoms with E-state index in [2.05, 4.69) is 15.7 Å². The smallest absolute Gasteiger partial charge is 0.240 e. The Morgan fingerprint density at radius 2 is 1.85 bits per heavy atom. The highest BCUT2D eigenvalue weighted by atomic mass is 35.5. The van der Waals surface area contributed by atoms with E-state index in [1.165, 1.54) is 0 Å². The number of sulfonamides is 1. The Hall–Kier alpha value is -1.44. The third-order valence-electron chi connectivity index (χ3n) is 4.89. The number of benzene rings is 2. The molecule has 0 unspecified atom stereocenters. The Labute approximate surface area is 166 Å². The molecule has 146 valence electrons. The number of halogens is 1. The molecule has 1 heterocycles. The molecule has 1 aliphatic rings. The highest BCUT2D eigenvalue weighted by molar-refractivity contribution is 7.89. The van der Waals surface area contributed by atoms with E-state index in [9.17, 15) is 8.42 Å². The van der Waals surface area contributed by atoms with E-state index in [-0.39, 0.29) is 17.5 Å². The van der Waals surface area contributed by atoms with Crippen LogP contribution in [0.15, 0.2) is 47.4 Å². The second-order valence-corrected chi connectivity index (χ2v) is 8.94. The zero-order valence-electron chi connectivity index (χ0n) is 15.6. The summed E-state index contributed by atoms with van der Waals surface area (Å²) in [4.78, 5) is 2.49. The molecule has 27 heavy (non-hydrogen) atoms. The molecule has 0 amide bonds. The van der Waals surface area contributed by atoms with Gasteiger partial charge >= 0.3 is 0 Å². The van der Waals surface area contributed by atoms with Crippen molar-refractivity contribution in [2.45, 2.75) is 24.8 Å². The lowest BCUT2D eigenvalue weighted by Gasteiger charge is -2.35. The first-order valence-electron chi connectivity index (χ1n) is 9.01. The van der Waals surface area contributed by atoms with Gasteiger partial charge in [-0.3, -0.25) is 4.90 Å². The van der Waals surface area contributed by atoms with E-state index in [4.69, 9.17) is 16.3 Å². The lowest BCUT2D eigenvalue weighted by molar-refractivity contribution is 0.0172. The topological polar surface area (TPSA) is 58.6 Å². The summed E-state index contributed by atoms with van der Waals surface area (Å²) in [7, 11) is -3.66. The predicted molar refractivity (Wildman–Crippen MR) is 108 cm³/mol. The highest BCUT2D eigenvalue weighted by Crippen LogP contribution is 2.25. The molecule has 0 spiro atoms. The van der Waals surface area contributed by atoms with Gasteiger partial charge in [0.2, 0.25) is 10.0 Å². The van der Waals surface area contributed by atoms with Crippen molar-refractivity contribution in [2.75, 3.05) is 32.8 Å². The van der Waals surface area contributed by atoms with Gasteiger partial charge in [-0.05, 0) is 37.1 Å². The van der Waals surface area contributed by atoms with Gasteiger partial charge in [0.05, 0.1) is 18.1 Å². The summed E-state index contributed by atoms with van der Waals surface area (Å²) in [6, 6.07) is 13.1. The first-order valence-corrected chi connectivity index (χ1v) is 10.9. The first-order chi connectivity index (χ1) is 12.9. The van der Waals surface area contributed by atoms with E-state index in [1.54, 1.807) is 25.1 Å². The maximum atomic E-state index is 12.9. The van der Waals surface area contributed by atoms with Crippen LogP contribution in [0, 0.1) is 13.8 Å². The standard InChI is InChI=1S/C20H25ClN2O3S/c1-15-5-3-6-17(13-15)19(23-9-11-26-12-10-23)14-22-27(24,25)20-8-4-7-18(21)16(20)2/h3-8,13,19,22H,9-12,14H2,1-2H3/t19-/m0/s1. The van der Waals surface area contributed by atoms with Crippen molar-refractivity contribution in [2.24, 2.45) is 0 Å². The van der Waals surface area contributed by atoms with Gasteiger partial charge in [-0.2, -0.15) is 0 Å². The number of hydrogen-bond donors (Lipinski definition) is 1. The monoisotopic (exact) mass is 408 g/mol. The van der Waals surface area contributed by atoms with Crippen molar-refractivity contribution in [1.29, 1.82) is 0 Å². The summed E-state index contributed by atoms with van der Waals surface area (Å²) < 4.78 is 34.0. The van der Waals surface area contributed by atoms with Gasteiger partial charge in [-0.25, -0.2) is 13.1 Å². The summed E-state index contributed by atoms with van der Waals surface area (Å²) in [5.41, 5.74) is 2.81. The van der Waals surface area contributed by atoms with Crippen molar-refractivity contribution in [3.63, 3.8) is 0 Å². The number of morpholine rings is 1. The van der Waals surface area contributed by atoms with E-state index in [1.807, 2.05) is 25.1 Å². The van der Waals surface area contributed by atoms with Crippen LogP contribution in [0.25, 0.3) is 0 Å². The van der Waals surface area contributed by atoms with Crippen LogP contribution in [0.4, 0.5) is 0 Å². The molecule has 3 rings (SSSR count).